The van der Waals surface area contributed by atoms with Gasteiger partial charge >= 0.3 is 0 Å². The van der Waals surface area contributed by atoms with Gasteiger partial charge in [0.2, 0.25) is 0 Å². The van der Waals surface area contributed by atoms with Gasteiger partial charge in [-0.05, 0) is 37.1 Å². The Morgan fingerprint density at radius 2 is 1.89 bits per heavy atom. The largest absolute Gasteiger partial charge is 0.487 e. The molecule has 0 radical (unpaired) electrons. The predicted octanol–water partition coefficient (Wildman–Crippen LogP) is 2.85. The van der Waals surface area contributed by atoms with E-state index in [0.29, 0.717) is 12.4 Å². The summed E-state index contributed by atoms with van der Waals surface area (Å²) in [6.07, 6.45) is 0. The molecule has 1 aromatic heterocycles. The van der Waals surface area contributed by atoms with Crippen LogP contribution in [-0.2, 0) is 13.7 Å². The predicted molar refractivity (Wildman–Crippen MR) is 72.9 cm³/mol. The van der Waals surface area contributed by atoms with Crippen LogP contribution in [0, 0.1) is 13.8 Å². The second kappa shape index (κ2) is 4.90. The summed E-state index contributed by atoms with van der Waals surface area (Å²) in [5.41, 5.74) is 8.52. The fraction of sp³-hybridized carbons (Fsp3) is 0.308. The van der Waals surface area contributed by atoms with Crippen LogP contribution in [0.1, 0.15) is 16.8 Å². The Balaban J connectivity index is 2.11. The minimum Gasteiger partial charge on any atom is -0.487 e. The van der Waals surface area contributed by atoms with Gasteiger partial charge in [0, 0.05) is 18.1 Å². The molecule has 5 heteroatoms. The highest BCUT2D eigenvalue weighted by molar-refractivity contribution is 6.32. The minimum absolute atomic E-state index is 0.394. The van der Waals surface area contributed by atoms with Gasteiger partial charge in [0.15, 0.2) is 0 Å². The summed E-state index contributed by atoms with van der Waals surface area (Å²) in [4.78, 5) is 0. The number of nitrogens with zero attached hydrogens (tertiary/aromatic N) is 2. The highest BCUT2D eigenvalue weighted by Gasteiger charge is 2.06. The van der Waals surface area contributed by atoms with Crippen LogP contribution in [0.15, 0.2) is 18.2 Å². The number of benzene rings is 1. The summed E-state index contributed by atoms with van der Waals surface area (Å²) in [5, 5.41) is 5.01. The lowest BCUT2D eigenvalue weighted by Gasteiger charge is -2.08. The van der Waals surface area contributed by atoms with E-state index < -0.39 is 0 Å². The molecule has 0 spiro atoms. The SMILES string of the molecule is Cc1cc(OCc2cc(N)n(C)n2)cc(C)c1Cl. The molecule has 0 amide bonds. The molecule has 1 aromatic carbocycles. The zero-order chi connectivity index (χ0) is 13.3. The quantitative estimate of drug-likeness (QED) is 0.928. The molecule has 0 saturated carbocycles. The summed E-state index contributed by atoms with van der Waals surface area (Å²) in [6, 6.07) is 5.64. The van der Waals surface area contributed by atoms with Gasteiger partial charge in [0.25, 0.3) is 0 Å². The second-order valence-electron chi connectivity index (χ2n) is 4.34. The van der Waals surface area contributed by atoms with E-state index in [0.717, 1.165) is 27.6 Å². The van der Waals surface area contributed by atoms with Crippen molar-refractivity contribution < 1.29 is 4.74 Å². The standard InChI is InChI=1S/C13H16ClN3O/c1-8-4-11(5-9(2)13(8)14)18-7-10-6-12(15)17(3)16-10/h4-6H,7,15H2,1-3H3. The average molecular weight is 266 g/mol. The highest BCUT2D eigenvalue weighted by atomic mass is 35.5. The van der Waals surface area contributed by atoms with E-state index in [-0.39, 0.29) is 0 Å². The van der Waals surface area contributed by atoms with Gasteiger partial charge in [-0.1, -0.05) is 11.6 Å². The number of hydrogen-bond donors (Lipinski definition) is 1. The third kappa shape index (κ3) is 2.59. The molecule has 2 N–H and O–H groups in total. The molecule has 0 fully saturated rings. The molecule has 2 rings (SSSR count). The monoisotopic (exact) mass is 265 g/mol. The van der Waals surface area contributed by atoms with Crippen LogP contribution in [0.2, 0.25) is 5.02 Å². The van der Waals surface area contributed by atoms with Crippen LogP contribution in [0.4, 0.5) is 5.82 Å². The summed E-state index contributed by atoms with van der Waals surface area (Å²) in [6.45, 7) is 4.31. The summed E-state index contributed by atoms with van der Waals surface area (Å²) < 4.78 is 7.31. The lowest BCUT2D eigenvalue weighted by atomic mass is 10.1. The topological polar surface area (TPSA) is 53.1 Å². The Kier molecular flexibility index (Phi) is 3.48. The molecule has 0 saturated heterocycles. The van der Waals surface area contributed by atoms with Crippen LogP contribution >= 0.6 is 11.6 Å². The number of nitrogens with two attached hydrogens (primary N) is 1. The zero-order valence-electron chi connectivity index (χ0n) is 10.7. The first-order chi connectivity index (χ1) is 8.47. The molecule has 0 aliphatic heterocycles. The van der Waals surface area contributed by atoms with Crippen molar-refractivity contribution in [2.75, 3.05) is 5.73 Å². The third-order valence-electron chi connectivity index (χ3n) is 2.76. The average Bonchev–Trinajstić information content (AvgIpc) is 2.63. The first kappa shape index (κ1) is 12.8. The molecular formula is C13H16ClN3O. The van der Waals surface area contributed by atoms with Crippen LogP contribution < -0.4 is 10.5 Å². The van der Waals surface area contributed by atoms with Gasteiger partial charge in [-0.15, -0.1) is 0 Å². The molecule has 0 bridgehead atoms. The second-order valence-corrected chi connectivity index (χ2v) is 4.72. The normalized spacial score (nSPS) is 10.7. The van der Waals surface area contributed by atoms with E-state index in [2.05, 4.69) is 5.10 Å². The van der Waals surface area contributed by atoms with Crippen LogP contribution in [-0.4, -0.2) is 9.78 Å². The van der Waals surface area contributed by atoms with E-state index in [1.807, 2.05) is 26.0 Å². The van der Waals surface area contributed by atoms with Crippen LogP contribution in [0.3, 0.4) is 0 Å². The van der Waals surface area contributed by atoms with Crippen LogP contribution in [0.25, 0.3) is 0 Å². The van der Waals surface area contributed by atoms with Gasteiger partial charge in [-0.3, -0.25) is 4.68 Å². The fourth-order valence-corrected chi connectivity index (χ4v) is 1.87. The Labute approximate surface area is 111 Å². The van der Waals surface area contributed by atoms with Crippen molar-refractivity contribution in [3.63, 3.8) is 0 Å². The molecule has 2 aromatic rings. The maximum Gasteiger partial charge on any atom is 0.132 e. The number of rotatable bonds is 3. The highest BCUT2D eigenvalue weighted by Crippen LogP contribution is 2.26. The summed E-state index contributed by atoms with van der Waals surface area (Å²) in [5.74, 6) is 1.41. The van der Waals surface area contributed by atoms with E-state index in [1.54, 1.807) is 17.8 Å². The minimum atomic E-state index is 0.394. The Morgan fingerprint density at radius 1 is 1.28 bits per heavy atom. The number of aryl methyl sites for hydroxylation is 3. The molecule has 0 atom stereocenters. The first-order valence-electron chi connectivity index (χ1n) is 5.65. The van der Waals surface area contributed by atoms with Crippen molar-refractivity contribution in [1.82, 2.24) is 9.78 Å². The molecule has 0 unspecified atom stereocenters. The van der Waals surface area contributed by atoms with Gasteiger partial charge in [-0.2, -0.15) is 5.10 Å². The number of anilines is 1. The molecule has 0 aliphatic carbocycles. The zero-order valence-corrected chi connectivity index (χ0v) is 11.5. The molecule has 4 nitrogen and oxygen atoms in total. The van der Waals surface area contributed by atoms with Crippen molar-refractivity contribution in [1.29, 1.82) is 0 Å². The lowest BCUT2D eigenvalue weighted by Crippen LogP contribution is -1.99. The van der Waals surface area contributed by atoms with E-state index in [1.165, 1.54) is 0 Å². The number of hydrogen-bond acceptors (Lipinski definition) is 3. The Morgan fingerprint density at radius 3 is 2.39 bits per heavy atom. The Hall–Kier alpha value is -1.68. The summed E-state index contributed by atoms with van der Waals surface area (Å²) in [7, 11) is 1.80. The Bertz CT molecular complexity index is 535. The number of aromatic nitrogens is 2. The molecular weight excluding hydrogens is 250 g/mol. The number of ether oxygens (including phenoxy) is 1. The molecule has 0 aliphatic rings. The van der Waals surface area contributed by atoms with Crippen molar-refractivity contribution >= 4 is 17.4 Å². The van der Waals surface area contributed by atoms with Crippen LogP contribution in [0.5, 0.6) is 5.75 Å². The molecule has 96 valence electrons. The van der Waals surface area contributed by atoms with Gasteiger partial charge < -0.3 is 10.5 Å². The van der Waals surface area contributed by atoms with Crippen molar-refractivity contribution in [2.45, 2.75) is 20.5 Å². The fourth-order valence-electron chi connectivity index (χ4n) is 1.76. The maximum absolute atomic E-state index is 6.10. The summed E-state index contributed by atoms with van der Waals surface area (Å²) >= 11 is 6.10. The van der Waals surface area contributed by atoms with Gasteiger partial charge in [0.05, 0.1) is 0 Å². The van der Waals surface area contributed by atoms with E-state index in [9.17, 15) is 0 Å². The van der Waals surface area contributed by atoms with Crippen molar-refractivity contribution in [2.24, 2.45) is 7.05 Å². The third-order valence-corrected chi connectivity index (χ3v) is 3.36. The number of nitrogen functional groups attached to an aromatic ring is 1. The molecule has 1 heterocycles. The van der Waals surface area contributed by atoms with Crippen molar-refractivity contribution in [3.05, 3.63) is 40.0 Å². The molecule has 18 heavy (non-hydrogen) atoms. The smallest absolute Gasteiger partial charge is 0.132 e. The van der Waals surface area contributed by atoms with E-state index in [4.69, 9.17) is 22.1 Å². The first-order valence-corrected chi connectivity index (χ1v) is 6.03. The lowest BCUT2D eigenvalue weighted by molar-refractivity contribution is 0.299. The van der Waals surface area contributed by atoms with Crippen molar-refractivity contribution in [3.8, 4) is 5.75 Å². The van der Waals surface area contributed by atoms with E-state index >= 15 is 0 Å². The van der Waals surface area contributed by atoms with Gasteiger partial charge in [-0.25, -0.2) is 0 Å². The number of halogens is 1. The maximum atomic E-state index is 6.10. The van der Waals surface area contributed by atoms with Gasteiger partial charge in [0.1, 0.15) is 23.9 Å².